The quantitative estimate of drug-likeness (QED) is 0.865. The number of fused-ring (bicyclic) bond motifs is 1. The Hall–Kier alpha value is -1.20. The molecule has 1 aliphatic heterocycles. The molecule has 0 saturated heterocycles. The van der Waals surface area contributed by atoms with Crippen LogP contribution in [0.2, 0.25) is 0 Å². The average molecular weight is 249 g/mol. The molecule has 0 bridgehead atoms. The first kappa shape index (κ1) is 11.9. The van der Waals surface area contributed by atoms with Crippen LogP contribution in [0.15, 0.2) is 4.79 Å². The normalized spacial score (nSPS) is 19.8. The van der Waals surface area contributed by atoms with E-state index in [4.69, 9.17) is 4.74 Å². The molecule has 1 aliphatic carbocycles. The third-order valence-corrected chi connectivity index (χ3v) is 3.61. The predicted octanol–water partition coefficient (Wildman–Crippen LogP) is 0.999. The highest BCUT2D eigenvalue weighted by molar-refractivity contribution is 5.22. The molecule has 2 heterocycles. The van der Waals surface area contributed by atoms with Crippen molar-refractivity contribution in [1.82, 2.24) is 14.9 Å². The van der Waals surface area contributed by atoms with Crippen LogP contribution in [0.3, 0.4) is 0 Å². The van der Waals surface area contributed by atoms with Gasteiger partial charge in [0.25, 0.3) is 5.56 Å². The van der Waals surface area contributed by atoms with Crippen LogP contribution in [-0.2, 0) is 17.7 Å². The maximum Gasteiger partial charge on any atom is 0.254 e. The Balaban J connectivity index is 1.82. The van der Waals surface area contributed by atoms with Crippen molar-refractivity contribution in [2.45, 2.75) is 38.6 Å². The number of aromatic nitrogens is 2. The van der Waals surface area contributed by atoms with Gasteiger partial charge in [-0.2, -0.15) is 0 Å². The molecule has 18 heavy (non-hydrogen) atoms. The first-order valence-electron chi connectivity index (χ1n) is 6.70. The molecule has 98 valence electrons. The number of ether oxygens (including phenoxy) is 1. The molecule has 0 atom stereocenters. The summed E-state index contributed by atoms with van der Waals surface area (Å²) < 4.78 is 5.42. The van der Waals surface area contributed by atoms with Crippen molar-refractivity contribution in [3.63, 3.8) is 0 Å². The standard InChI is InChI=1S/C13H19N3O2/c1-2-18-8-16-6-5-10-11(7-16)14-12(9-3-4-9)15-13(10)17/h9H,2-8H2,1H3,(H,14,15,17). The van der Waals surface area contributed by atoms with Gasteiger partial charge in [-0.1, -0.05) is 0 Å². The number of aromatic amines is 1. The fourth-order valence-corrected chi connectivity index (χ4v) is 2.39. The summed E-state index contributed by atoms with van der Waals surface area (Å²) in [7, 11) is 0. The minimum Gasteiger partial charge on any atom is -0.366 e. The molecule has 1 aromatic rings. The molecule has 1 saturated carbocycles. The Kier molecular flexibility index (Phi) is 3.18. The van der Waals surface area contributed by atoms with Crippen LogP contribution in [-0.4, -0.2) is 34.8 Å². The largest absolute Gasteiger partial charge is 0.366 e. The van der Waals surface area contributed by atoms with Crippen molar-refractivity contribution < 1.29 is 4.74 Å². The summed E-state index contributed by atoms with van der Waals surface area (Å²) in [6.45, 7) is 4.95. The molecule has 2 aliphatic rings. The van der Waals surface area contributed by atoms with Crippen LogP contribution >= 0.6 is 0 Å². The van der Waals surface area contributed by atoms with E-state index < -0.39 is 0 Å². The van der Waals surface area contributed by atoms with E-state index in [0.717, 1.165) is 56.0 Å². The van der Waals surface area contributed by atoms with Crippen LogP contribution in [0, 0.1) is 0 Å². The lowest BCUT2D eigenvalue weighted by molar-refractivity contribution is 0.0268. The first-order valence-corrected chi connectivity index (χ1v) is 6.70. The number of rotatable bonds is 4. The van der Waals surface area contributed by atoms with E-state index in [-0.39, 0.29) is 5.56 Å². The van der Waals surface area contributed by atoms with E-state index >= 15 is 0 Å². The van der Waals surface area contributed by atoms with Gasteiger partial charge < -0.3 is 9.72 Å². The van der Waals surface area contributed by atoms with Crippen molar-refractivity contribution in [1.29, 1.82) is 0 Å². The van der Waals surface area contributed by atoms with Crippen molar-refractivity contribution in [3.8, 4) is 0 Å². The minimum absolute atomic E-state index is 0.0676. The van der Waals surface area contributed by atoms with Gasteiger partial charge in [0.1, 0.15) is 5.82 Å². The lowest BCUT2D eigenvalue weighted by Gasteiger charge is -2.27. The fraction of sp³-hybridized carbons (Fsp3) is 0.692. The van der Waals surface area contributed by atoms with Gasteiger partial charge in [0.05, 0.1) is 12.4 Å². The number of hydrogen-bond donors (Lipinski definition) is 1. The number of hydrogen-bond acceptors (Lipinski definition) is 4. The van der Waals surface area contributed by atoms with Gasteiger partial charge in [0.2, 0.25) is 0 Å². The number of H-pyrrole nitrogens is 1. The Morgan fingerprint density at radius 2 is 2.33 bits per heavy atom. The summed E-state index contributed by atoms with van der Waals surface area (Å²) in [5.74, 6) is 1.38. The van der Waals surface area contributed by atoms with Crippen LogP contribution in [0.25, 0.3) is 0 Å². The maximum atomic E-state index is 12.0. The zero-order valence-corrected chi connectivity index (χ0v) is 10.7. The molecule has 1 fully saturated rings. The summed E-state index contributed by atoms with van der Waals surface area (Å²) in [6, 6.07) is 0. The molecular formula is C13H19N3O2. The van der Waals surface area contributed by atoms with E-state index in [1.165, 1.54) is 0 Å². The zero-order chi connectivity index (χ0) is 12.5. The van der Waals surface area contributed by atoms with E-state index in [9.17, 15) is 4.79 Å². The topological polar surface area (TPSA) is 58.2 Å². The molecule has 5 nitrogen and oxygen atoms in total. The summed E-state index contributed by atoms with van der Waals surface area (Å²) in [5, 5.41) is 0. The molecule has 0 amide bonds. The summed E-state index contributed by atoms with van der Waals surface area (Å²) in [5.41, 5.74) is 1.89. The summed E-state index contributed by atoms with van der Waals surface area (Å²) in [6.07, 6.45) is 3.09. The van der Waals surface area contributed by atoms with Crippen molar-refractivity contribution in [3.05, 3.63) is 27.4 Å². The first-order chi connectivity index (χ1) is 8.78. The van der Waals surface area contributed by atoms with E-state index in [1.807, 2.05) is 6.92 Å². The Morgan fingerprint density at radius 1 is 1.50 bits per heavy atom. The van der Waals surface area contributed by atoms with Gasteiger partial charge >= 0.3 is 0 Å². The Morgan fingerprint density at radius 3 is 3.06 bits per heavy atom. The third-order valence-electron chi connectivity index (χ3n) is 3.61. The van der Waals surface area contributed by atoms with E-state index in [2.05, 4.69) is 14.9 Å². The van der Waals surface area contributed by atoms with Gasteiger partial charge in [-0.15, -0.1) is 0 Å². The van der Waals surface area contributed by atoms with Crippen molar-refractivity contribution in [2.75, 3.05) is 19.9 Å². The Labute approximate surface area is 106 Å². The highest BCUT2D eigenvalue weighted by atomic mass is 16.5. The summed E-state index contributed by atoms with van der Waals surface area (Å²) >= 11 is 0. The van der Waals surface area contributed by atoms with Gasteiger partial charge in [-0.25, -0.2) is 4.98 Å². The molecule has 0 spiro atoms. The second-order valence-corrected chi connectivity index (χ2v) is 5.08. The third kappa shape index (κ3) is 2.33. The highest BCUT2D eigenvalue weighted by Gasteiger charge is 2.28. The fourth-order valence-electron chi connectivity index (χ4n) is 2.39. The van der Waals surface area contributed by atoms with Crippen molar-refractivity contribution >= 4 is 0 Å². The molecule has 0 radical (unpaired) electrons. The lowest BCUT2D eigenvalue weighted by atomic mass is 10.1. The molecule has 1 N–H and O–H groups in total. The maximum absolute atomic E-state index is 12.0. The van der Waals surface area contributed by atoms with E-state index in [0.29, 0.717) is 12.6 Å². The van der Waals surface area contributed by atoms with Crippen LogP contribution in [0.5, 0.6) is 0 Å². The minimum atomic E-state index is 0.0676. The lowest BCUT2D eigenvalue weighted by Crippen LogP contribution is -2.37. The average Bonchev–Trinajstić information content (AvgIpc) is 3.20. The smallest absolute Gasteiger partial charge is 0.254 e. The van der Waals surface area contributed by atoms with Crippen LogP contribution < -0.4 is 5.56 Å². The van der Waals surface area contributed by atoms with Gasteiger partial charge in [-0.3, -0.25) is 9.69 Å². The Bertz CT molecular complexity index is 493. The second kappa shape index (κ2) is 4.82. The van der Waals surface area contributed by atoms with Gasteiger partial charge in [0.15, 0.2) is 0 Å². The van der Waals surface area contributed by atoms with E-state index in [1.54, 1.807) is 0 Å². The zero-order valence-electron chi connectivity index (χ0n) is 10.7. The number of nitrogens with one attached hydrogen (secondary N) is 1. The molecule has 0 aromatic carbocycles. The van der Waals surface area contributed by atoms with Gasteiger partial charge in [0, 0.05) is 31.2 Å². The molecule has 5 heteroatoms. The van der Waals surface area contributed by atoms with Crippen LogP contribution in [0.1, 0.15) is 42.8 Å². The highest BCUT2D eigenvalue weighted by Crippen LogP contribution is 2.37. The molecule has 1 aromatic heterocycles. The SMILES string of the molecule is CCOCN1CCc2c(nc(C3CC3)[nH]c2=O)C1. The van der Waals surface area contributed by atoms with Gasteiger partial charge in [-0.05, 0) is 26.2 Å². The molecular weight excluding hydrogens is 230 g/mol. The molecule has 0 unspecified atom stereocenters. The second-order valence-electron chi connectivity index (χ2n) is 5.08. The summed E-state index contributed by atoms with van der Waals surface area (Å²) in [4.78, 5) is 21.8. The van der Waals surface area contributed by atoms with Crippen molar-refractivity contribution in [2.24, 2.45) is 0 Å². The van der Waals surface area contributed by atoms with Crippen LogP contribution in [0.4, 0.5) is 0 Å². The number of nitrogens with zero attached hydrogens (tertiary/aromatic N) is 2. The monoisotopic (exact) mass is 249 g/mol. The molecule has 3 rings (SSSR count). The predicted molar refractivity (Wildman–Crippen MR) is 67.4 cm³/mol.